The van der Waals surface area contributed by atoms with Crippen LogP contribution in [-0.4, -0.2) is 53.2 Å². The lowest BCUT2D eigenvalue weighted by Crippen LogP contribution is -2.60. The molecule has 8 nitrogen and oxygen atoms in total. The lowest BCUT2D eigenvalue weighted by Gasteiger charge is -2.37. The molecule has 1 saturated heterocycles. The molecule has 3 atom stereocenters. The third kappa shape index (κ3) is 5.46. The van der Waals surface area contributed by atoms with Gasteiger partial charge in [0.15, 0.2) is 13.2 Å². The summed E-state index contributed by atoms with van der Waals surface area (Å²) in [7, 11) is -2.73. The number of carbonyl (C=O) groups is 2. The minimum Gasteiger partial charge on any atom is -0.355 e. The smallest absolute Gasteiger partial charge is 0.265 e. The molecule has 6 N–H and O–H groups in total. The Hall–Kier alpha value is -0.600. The number of nitrogens with zero attached hydrogens (tertiary/aromatic N) is 1. The Balaban J connectivity index is 2.78. The summed E-state index contributed by atoms with van der Waals surface area (Å²) in [5, 5.41) is 5.10. The Bertz CT molecular complexity index is 453. The number of piperidine rings is 1. The molecule has 1 heterocycles. The molecule has 1 aliphatic heterocycles. The highest BCUT2D eigenvalue weighted by Gasteiger charge is 2.45. The van der Waals surface area contributed by atoms with Gasteiger partial charge in [0, 0.05) is 13.1 Å². The predicted molar refractivity (Wildman–Crippen MR) is 94.3 cm³/mol. The summed E-state index contributed by atoms with van der Waals surface area (Å²) in [5.74, 6) is 5.59. The summed E-state index contributed by atoms with van der Waals surface area (Å²) in [4.78, 5) is 24.4. The van der Waals surface area contributed by atoms with Crippen molar-refractivity contribution in [3.63, 3.8) is 0 Å². The molecule has 10 heteroatoms. The molecule has 2 amide bonds. The fraction of sp³-hybridized carbons (Fsp3) is 0.846. The maximum absolute atomic E-state index is 12.7. The SMILES string of the molecule is CCCNC(=O)C(CCSC)N[PH](=O)[C@@]1(N)CCCN(N)C1=O. The largest absolute Gasteiger partial charge is 0.355 e. The van der Waals surface area contributed by atoms with Crippen LogP contribution in [0.3, 0.4) is 0 Å². The van der Waals surface area contributed by atoms with E-state index in [0.29, 0.717) is 32.4 Å². The van der Waals surface area contributed by atoms with Gasteiger partial charge in [0.1, 0.15) is 0 Å². The highest BCUT2D eigenvalue weighted by atomic mass is 32.2. The molecular weight excluding hydrogens is 337 g/mol. The summed E-state index contributed by atoms with van der Waals surface area (Å²) in [6.07, 6.45) is 4.16. The Morgan fingerprint density at radius 2 is 2.26 bits per heavy atom. The first kappa shape index (κ1) is 20.4. The van der Waals surface area contributed by atoms with Crippen molar-refractivity contribution in [2.75, 3.05) is 25.1 Å². The summed E-state index contributed by atoms with van der Waals surface area (Å²) in [6.45, 7) is 2.92. The lowest BCUT2D eigenvalue weighted by atomic mass is 10.1. The van der Waals surface area contributed by atoms with Gasteiger partial charge in [-0.15, -0.1) is 0 Å². The van der Waals surface area contributed by atoms with Crippen LogP contribution in [0.1, 0.15) is 32.6 Å². The molecule has 0 bridgehead atoms. The average molecular weight is 365 g/mol. The van der Waals surface area contributed by atoms with E-state index in [9.17, 15) is 14.2 Å². The number of carbonyl (C=O) groups excluding carboxylic acids is 2. The normalized spacial score (nSPS) is 24.3. The average Bonchev–Trinajstić information content (AvgIpc) is 2.53. The van der Waals surface area contributed by atoms with Gasteiger partial charge in [-0.3, -0.25) is 19.7 Å². The van der Waals surface area contributed by atoms with Gasteiger partial charge in [-0.05, 0) is 37.7 Å². The first-order chi connectivity index (χ1) is 10.9. The van der Waals surface area contributed by atoms with Crippen LogP contribution in [0.25, 0.3) is 0 Å². The second-order valence-electron chi connectivity index (χ2n) is 5.67. The van der Waals surface area contributed by atoms with Crippen molar-refractivity contribution in [1.82, 2.24) is 15.4 Å². The maximum Gasteiger partial charge on any atom is 0.265 e. The lowest BCUT2D eigenvalue weighted by molar-refractivity contribution is -0.137. The molecular formula is C13H28N5O3PS. The molecule has 0 aromatic carbocycles. The van der Waals surface area contributed by atoms with Crippen molar-refractivity contribution < 1.29 is 14.2 Å². The molecule has 1 rings (SSSR count). The van der Waals surface area contributed by atoms with E-state index < -0.39 is 25.2 Å². The number of nitrogens with two attached hydrogens (primary N) is 2. The van der Waals surface area contributed by atoms with Crippen molar-refractivity contribution >= 4 is 31.5 Å². The Kier molecular flexibility index (Phi) is 8.57. The summed E-state index contributed by atoms with van der Waals surface area (Å²) < 4.78 is 12.7. The van der Waals surface area contributed by atoms with Crippen molar-refractivity contribution in [2.45, 2.75) is 43.9 Å². The van der Waals surface area contributed by atoms with E-state index in [4.69, 9.17) is 11.6 Å². The van der Waals surface area contributed by atoms with E-state index >= 15 is 0 Å². The highest BCUT2D eigenvalue weighted by Crippen LogP contribution is 2.39. The van der Waals surface area contributed by atoms with E-state index in [1.807, 2.05) is 13.2 Å². The third-order valence-corrected chi connectivity index (χ3v) is 6.33. The zero-order valence-electron chi connectivity index (χ0n) is 13.8. The zero-order valence-corrected chi connectivity index (χ0v) is 15.6. The van der Waals surface area contributed by atoms with Gasteiger partial charge >= 0.3 is 0 Å². The number of thioether (sulfide) groups is 1. The summed E-state index contributed by atoms with van der Waals surface area (Å²) in [5.41, 5.74) is 6.08. The Morgan fingerprint density at radius 3 is 2.87 bits per heavy atom. The van der Waals surface area contributed by atoms with Crippen molar-refractivity contribution in [1.29, 1.82) is 0 Å². The number of amides is 2. The number of nitrogens with one attached hydrogen (secondary N) is 2. The molecule has 0 aromatic rings. The van der Waals surface area contributed by atoms with Crippen LogP contribution in [0, 0.1) is 0 Å². The molecule has 23 heavy (non-hydrogen) atoms. The van der Waals surface area contributed by atoms with Gasteiger partial charge in [-0.25, -0.2) is 5.84 Å². The third-order valence-electron chi connectivity index (χ3n) is 3.80. The number of rotatable bonds is 9. The zero-order chi connectivity index (χ0) is 17.5. The fourth-order valence-corrected chi connectivity index (χ4v) is 4.43. The molecule has 0 radical (unpaired) electrons. The van der Waals surface area contributed by atoms with Crippen LogP contribution in [0.4, 0.5) is 0 Å². The number of hydrogen-bond acceptors (Lipinski definition) is 6. The van der Waals surface area contributed by atoms with E-state index in [2.05, 4.69) is 10.4 Å². The minimum absolute atomic E-state index is 0.212. The standard InChI is InChI=1S/C13H28N5O3PS/c1-3-7-16-11(19)10(5-9-23-2)17-22(21)13(14)6-4-8-18(15)12(13)20/h10,22H,3-9,14-15H2,1-2H3,(H,16,19)(H,17,21)/t10?,13-/m0/s1. The highest BCUT2D eigenvalue weighted by molar-refractivity contribution is 7.98. The Morgan fingerprint density at radius 1 is 1.57 bits per heavy atom. The van der Waals surface area contributed by atoms with Gasteiger partial charge < -0.3 is 15.6 Å². The quantitative estimate of drug-likeness (QED) is 0.254. The van der Waals surface area contributed by atoms with Gasteiger partial charge in [-0.2, -0.15) is 11.8 Å². The first-order valence-electron chi connectivity index (χ1n) is 7.80. The molecule has 0 aromatic heterocycles. The van der Waals surface area contributed by atoms with Crippen LogP contribution in [0.15, 0.2) is 0 Å². The van der Waals surface area contributed by atoms with Crippen molar-refractivity contribution in [3.05, 3.63) is 0 Å². The topological polar surface area (TPSA) is 131 Å². The monoisotopic (exact) mass is 365 g/mol. The van der Waals surface area contributed by atoms with Gasteiger partial charge in [0.2, 0.25) is 5.91 Å². The maximum atomic E-state index is 12.7. The molecule has 134 valence electrons. The first-order valence-corrected chi connectivity index (χ1v) is 10.6. The van der Waals surface area contributed by atoms with Crippen molar-refractivity contribution in [2.24, 2.45) is 11.6 Å². The van der Waals surface area contributed by atoms with Gasteiger partial charge in [-0.1, -0.05) is 6.92 Å². The van der Waals surface area contributed by atoms with Gasteiger partial charge in [0.25, 0.3) is 5.91 Å². The molecule has 0 aliphatic carbocycles. The summed E-state index contributed by atoms with van der Waals surface area (Å²) in [6, 6.07) is -0.623. The van der Waals surface area contributed by atoms with Crippen LogP contribution >= 0.6 is 19.7 Å². The fourth-order valence-electron chi connectivity index (χ4n) is 2.37. The minimum atomic E-state index is -2.73. The van der Waals surface area contributed by atoms with Crippen molar-refractivity contribution in [3.8, 4) is 0 Å². The van der Waals surface area contributed by atoms with E-state index in [1.165, 1.54) is 0 Å². The molecule has 1 aliphatic rings. The van der Waals surface area contributed by atoms with E-state index in [0.717, 1.165) is 17.2 Å². The second-order valence-corrected chi connectivity index (χ2v) is 8.50. The van der Waals surface area contributed by atoms with E-state index in [-0.39, 0.29) is 5.91 Å². The van der Waals surface area contributed by atoms with E-state index in [1.54, 1.807) is 11.8 Å². The molecule has 2 unspecified atom stereocenters. The van der Waals surface area contributed by atoms with Crippen LogP contribution < -0.4 is 22.0 Å². The van der Waals surface area contributed by atoms with Crippen LogP contribution in [-0.2, 0) is 14.2 Å². The molecule has 0 spiro atoms. The van der Waals surface area contributed by atoms with Crippen LogP contribution in [0.5, 0.6) is 0 Å². The van der Waals surface area contributed by atoms with Gasteiger partial charge in [0.05, 0.1) is 6.04 Å². The van der Waals surface area contributed by atoms with Crippen LogP contribution in [0.2, 0.25) is 0 Å². The number of hydrazine groups is 1. The predicted octanol–water partition coefficient (Wildman–Crippen LogP) is -0.150. The second kappa shape index (κ2) is 9.64. The number of hydrogen-bond donors (Lipinski definition) is 4. The Labute approximate surface area is 142 Å². The molecule has 1 fully saturated rings. The summed E-state index contributed by atoms with van der Waals surface area (Å²) >= 11 is 1.60. The molecule has 0 saturated carbocycles.